The predicted molar refractivity (Wildman–Crippen MR) is 72.5 cm³/mol. The Morgan fingerprint density at radius 2 is 2.16 bits per heavy atom. The molecule has 0 bridgehead atoms. The molecule has 0 spiro atoms. The Morgan fingerprint density at radius 1 is 1.42 bits per heavy atom. The fourth-order valence-corrected chi connectivity index (χ4v) is 1.88. The van der Waals surface area contributed by atoms with E-state index in [4.69, 9.17) is 16.3 Å². The SMILES string of the molecule is CCCCCCC(C)Oc1ncnc(Cl)c1[N+](=O)[O-]. The molecule has 106 valence electrons. The quantitative estimate of drug-likeness (QED) is 0.315. The first-order valence-electron chi connectivity index (χ1n) is 6.37. The van der Waals surface area contributed by atoms with E-state index in [0.717, 1.165) is 25.6 Å². The minimum Gasteiger partial charge on any atom is -0.470 e. The molecule has 1 rings (SSSR count). The van der Waals surface area contributed by atoms with Gasteiger partial charge < -0.3 is 4.74 Å². The molecule has 0 amide bonds. The second-order valence-electron chi connectivity index (χ2n) is 4.35. The van der Waals surface area contributed by atoms with Crippen LogP contribution in [0.2, 0.25) is 5.15 Å². The van der Waals surface area contributed by atoms with Crippen molar-refractivity contribution in [2.75, 3.05) is 0 Å². The summed E-state index contributed by atoms with van der Waals surface area (Å²) in [7, 11) is 0. The van der Waals surface area contributed by atoms with E-state index < -0.39 is 4.92 Å². The summed E-state index contributed by atoms with van der Waals surface area (Å²) in [5.74, 6) is -0.0620. The summed E-state index contributed by atoms with van der Waals surface area (Å²) < 4.78 is 5.49. The molecule has 1 aromatic rings. The number of aromatic nitrogens is 2. The predicted octanol–water partition coefficient (Wildman–Crippen LogP) is 3.78. The monoisotopic (exact) mass is 287 g/mol. The molecule has 0 N–H and O–H groups in total. The van der Waals surface area contributed by atoms with Gasteiger partial charge in [-0.3, -0.25) is 10.1 Å². The summed E-state index contributed by atoms with van der Waals surface area (Å²) in [5.41, 5.74) is -0.371. The van der Waals surface area contributed by atoms with Crippen LogP contribution in [0.3, 0.4) is 0 Å². The van der Waals surface area contributed by atoms with Crippen LogP contribution in [0.5, 0.6) is 5.88 Å². The van der Waals surface area contributed by atoms with E-state index in [0.29, 0.717) is 0 Å². The molecule has 0 aliphatic carbocycles. The van der Waals surface area contributed by atoms with Crippen LogP contribution >= 0.6 is 11.6 Å². The Balaban J connectivity index is 2.61. The van der Waals surface area contributed by atoms with Crippen LogP contribution in [0.4, 0.5) is 5.69 Å². The highest BCUT2D eigenvalue weighted by molar-refractivity contribution is 6.31. The van der Waals surface area contributed by atoms with Crippen LogP contribution in [-0.4, -0.2) is 21.0 Å². The second kappa shape index (κ2) is 7.89. The first-order chi connectivity index (χ1) is 9.06. The molecule has 0 aliphatic rings. The molecule has 6 nitrogen and oxygen atoms in total. The lowest BCUT2D eigenvalue weighted by atomic mass is 10.1. The summed E-state index contributed by atoms with van der Waals surface area (Å²) in [5, 5.41) is 10.7. The second-order valence-corrected chi connectivity index (χ2v) is 4.71. The topological polar surface area (TPSA) is 78.2 Å². The molecular weight excluding hydrogens is 270 g/mol. The van der Waals surface area contributed by atoms with E-state index in [1.807, 2.05) is 6.92 Å². The largest absolute Gasteiger partial charge is 0.470 e. The molecule has 1 aromatic heterocycles. The Hall–Kier alpha value is -1.43. The highest BCUT2D eigenvalue weighted by Gasteiger charge is 2.24. The van der Waals surface area contributed by atoms with Crippen molar-refractivity contribution in [3.8, 4) is 5.88 Å². The van der Waals surface area contributed by atoms with Crippen LogP contribution in [0.25, 0.3) is 0 Å². The summed E-state index contributed by atoms with van der Waals surface area (Å²) in [6.07, 6.45) is 6.38. The summed E-state index contributed by atoms with van der Waals surface area (Å²) in [6, 6.07) is 0. The summed E-state index contributed by atoms with van der Waals surface area (Å²) in [6.45, 7) is 4.01. The first-order valence-corrected chi connectivity index (χ1v) is 6.75. The molecule has 0 saturated carbocycles. The number of hydrogen-bond donors (Lipinski definition) is 0. The summed E-state index contributed by atoms with van der Waals surface area (Å²) in [4.78, 5) is 17.6. The number of hydrogen-bond acceptors (Lipinski definition) is 5. The normalized spacial score (nSPS) is 12.2. The number of unbranched alkanes of at least 4 members (excludes halogenated alkanes) is 3. The fourth-order valence-electron chi connectivity index (χ4n) is 1.69. The van der Waals surface area contributed by atoms with Gasteiger partial charge in [-0.15, -0.1) is 0 Å². The zero-order valence-corrected chi connectivity index (χ0v) is 11.9. The third-order valence-electron chi connectivity index (χ3n) is 2.70. The van der Waals surface area contributed by atoms with Gasteiger partial charge in [0.15, 0.2) is 0 Å². The number of nitrogens with zero attached hydrogens (tertiary/aromatic N) is 3. The van der Waals surface area contributed by atoms with Crippen molar-refractivity contribution in [1.82, 2.24) is 9.97 Å². The van der Waals surface area contributed by atoms with Crippen LogP contribution in [0.1, 0.15) is 46.0 Å². The maximum absolute atomic E-state index is 10.9. The van der Waals surface area contributed by atoms with E-state index in [9.17, 15) is 10.1 Å². The third kappa shape index (κ3) is 4.98. The minimum absolute atomic E-state index is 0.0620. The molecule has 1 heterocycles. The van der Waals surface area contributed by atoms with Gasteiger partial charge in [-0.25, -0.2) is 4.98 Å². The molecule has 19 heavy (non-hydrogen) atoms. The Kier molecular flexibility index (Phi) is 6.49. The van der Waals surface area contributed by atoms with E-state index in [2.05, 4.69) is 16.9 Å². The minimum atomic E-state index is -0.624. The molecule has 0 radical (unpaired) electrons. The van der Waals surface area contributed by atoms with Gasteiger partial charge in [0.25, 0.3) is 5.88 Å². The molecule has 1 atom stereocenters. The van der Waals surface area contributed by atoms with Gasteiger partial charge in [-0.05, 0) is 19.8 Å². The lowest BCUT2D eigenvalue weighted by Gasteiger charge is -2.13. The lowest BCUT2D eigenvalue weighted by Crippen LogP contribution is -2.14. The van der Waals surface area contributed by atoms with Gasteiger partial charge in [0.1, 0.15) is 6.33 Å². The Bertz CT molecular complexity index is 429. The van der Waals surface area contributed by atoms with Crippen LogP contribution in [-0.2, 0) is 0 Å². The molecule has 1 unspecified atom stereocenters. The number of ether oxygens (including phenoxy) is 1. The van der Waals surface area contributed by atoms with Crippen LogP contribution in [0, 0.1) is 10.1 Å². The maximum atomic E-state index is 10.9. The van der Waals surface area contributed by atoms with E-state index >= 15 is 0 Å². The summed E-state index contributed by atoms with van der Waals surface area (Å²) >= 11 is 5.68. The van der Waals surface area contributed by atoms with Crippen molar-refractivity contribution in [3.05, 3.63) is 21.6 Å². The average Bonchev–Trinajstić information content (AvgIpc) is 2.34. The Morgan fingerprint density at radius 3 is 2.79 bits per heavy atom. The zero-order valence-electron chi connectivity index (χ0n) is 11.1. The van der Waals surface area contributed by atoms with Crippen molar-refractivity contribution in [1.29, 1.82) is 0 Å². The van der Waals surface area contributed by atoms with Gasteiger partial charge in [0, 0.05) is 0 Å². The number of rotatable bonds is 8. The third-order valence-corrected chi connectivity index (χ3v) is 2.98. The fraction of sp³-hybridized carbons (Fsp3) is 0.667. The molecule has 0 aliphatic heterocycles. The van der Waals surface area contributed by atoms with E-state index in [1.54, 1.807) is 0 Å². The van der Waals surface area contributed by atoms with Crippen LogP contribution in [0.15, 0.2) is 6.33 Å². The Labute approximate surface area is 117 Å². The van der Waals surface area contributed by atoms with E-state index in [-0.39, 0.29) is 22.8 Å². The molecule has 0 fully saturated rings. The van der Waals surface area contributed by atoms with Gasteiger partial charge in [-0.1, -0.05) is 37.8 Å². The molecule has 0 saturated heterocycles. The standard InChI is InChI=1S/C12H18ClN3O3/c1-3-4-5-6-7-9(2)19-12-10(16(17)18)11(13)14-8-15-12/h8-9H,3-7H2,1-2H3. The molecular formula is C12H18ClN3O3. The van der Waals surface area contributed by atoms with E-state index in [1.165, 1.54) is 12.8 Å². The highest BCUT2D eigenvalue weighted by Crippen LogP contribution is 2.31. The average molecular weight is 288 g/mol. The van der Waals surface area contributed by atoms with Crippen molar-refractivity contribution in [3.63, 3.8) is 0 Å². The van der Waals surface area contributed by atoms with Crippen molar-refractivity contribution >= 4 is 17.3 Å². The number of halogens is 1. The smallest absolute Gasteiger partial charge is 0.367 e. The lowest BCUT2D eigenvalue weighted by molar-refractivity contribution is -0.386. The molecule has 0 aromatic carbocycles. The maximum Gasteiger partial charge on any atom is 0.367 e. The number of nitro groups is 1. The van der Waals surface area contributed by atoms with Crippen molar-refractivity contribution < 1.29 is 9.66 Å². The van der Waals surface area contributed by atoms with Gasteiger partial charge in [-0.2, -0.15) is 4.98 Å². The van der Waals surface area contributed by atoms with Crippen molar-refractivity contribution in [2.24, 2.45) is 0 Å². The first kappa shape index (κ1) is 15.6. The van der Waals surface area contributed by atoms with Crippen molar-refractivity contribution in [2.45, 2.75) is 52.1 Å². The van der Waals surface area contributed by atoms with Crippen LogP contribution < -0.4 is 4.74 Å². The zero-order chi connectivity index (χ0) is 14.3. The molecule has 7 heteroatoms. The highest BCUT2D eigenvalue weighted by atomic mass is 35.5. The van der Waals surface area contributed by atoms with Gasteiger partial charge in [0.2, 0.25) is 5.15 Å². The van der Waals surface area contributed by atoms with Gasteiger partial charge in [0.05, 0.1) is 11.0 Å². The van der Waals surface area contributed by atoms with Gasteiger partial charge >= 0.3 is 5.69 Å².